The van der Waals surface area contributed by atoms with Crippen LogP contribution in [0, 0.1) is 0 Å². The average molecular weight is 290 g/mol. The number of amides is 1. The van der Waals surface area contributed by atoms with Crippen molar-refractivity contribution in [2.75, 3.05) is 10.6 Å². The van der Waals surface area contributed by atoms with Crippen LogP contribution in [0.15, 0.2) is 42.6 Å². The molecular formula is C15H16ClN3O. The zero-order chi connectivity index (χ0) is 14.5. The fourth-order valence-electron chi connectivity index (χ4n) is 1.65. The fraction of sp³-hybridized carbons (Fsp3) is 0.200. The summed E-state index contributed by atoms with van der Waals surface area (Å²) in [5.41, 5.74) is 1.21. The Morgan fingerprint density at radius 3 is 2.40 bits per heavy atom. The number of hydrogen-bond donors (Lipinski definition) is 2. The second-order valence-corrected chi connectivity index (χ2v) is 5.13. The standard InChI is InChI=1S/C15H16ClN3O/c1-10(2)18-14-8-7-13(9-17-14)19-15(20)11-3-5-12(16)6-4-11/h3-10H,1-2H3,(H,17,18)(H,19,20). The van der Waals surface area contributed by atoms with Crippen LogP contribution in [0.4, 0.5) is 11.5 Å². The third kappa shape index (κ3) is 3.96. The summed E-state index contributed by atoms with van der Waals surface area (Å²) in [5.74, 6) is 0.595. The Hall–Kier alpha value is -2.07. The van der Waals surface area contributed by atoms with E-state index in [-0.39, 0.29) is 5.91 Å². The minimum Gasteiger partial charge on any atom is -0.368 e. The van der Waals surface area contributed by atoms with Gasteiger partial charge < -0.3 is 10.6 Å². The first-order valence-electron chi connectivity index (χ1n) is 6.34. The molecule has 104 valence electrons. The lowest BCUT2D eigenvalue weighted by molar-refractivity contribution is 0.102. The first-order valence-corrected chi connectivity index (χ1v) is 6.72. The molecule has 0 unspecified atom stereocenters. The summed E-state index contributed by atoms with van der Waals surface area (Å²) in [6, 6.07) is 10.7. The van der Waals surface area contributed by atoms with E-state index in [1.54, 1.807) is 30.5 Å². The van der Waals surface area contributed by atoms with Gasteiger partial charge in [0.2, 0.25) is 0 Å². The topological polar surface area (TPSA) is 54.0 Å². The van der Waals surface area contributed by atoms with E-state index in [0.717, 1.165) is 5.82 Å². The lowest BCUT2D eigenvalue weighted by Crippen LogP contribution is -2.13. The first-order chi connectivity index (χ1) is 9.54. The summed E-state index contributed by atoms with van der Waals surface area (Å²) in [7, 11) is 0. The van der Waals surface area contributed by atoms with Gasteiger partial charge in [0, 0.05) is 16.6 Å². The second kappa shape index (κ2) is 6.39. The summed E-state index contributed by atoms with van der Waals surface area (Å²) >= 11 is 5.79. The molecule has 1 aromatic heterocycles. The van der Waals surface area contributed by atoms with Crippen molar-refractivity contribution in [1.82, 2.24) is 4.98 Å². The van der Waals surface area contributed by atoms with E-state index in [9.17, 15) is 4.79 Å². The molecule has 20 heavy (non-hydrogen) atoms. The molecule has 5 heteroatoms. The molecule has 2 N–H and O–H groups in total. The molecule has 0 saturated carbocycles. The third-order valence-corrected chi connectivity index (χ3v) is 2.82. The molecule has 0 spiro atoms. The first kappa shape index (κ1) is 14.3. The van der Waals surface area contributed by atoms with Crippen LogP contribution >= 0.6 is 11.6 Å². The SMILES string of the molecule is CC(C)Nc1ccc(NC(=O)c2ccc(Cl)cc2)cn1. The lowest BCUT2D eigenvalue weighted by atomic mass is 10.2. The second-order valence-electron chi connectivity index (χ2n) is 4.69. The largest absolute Gasteiger partial charge is 0.368 e. The number of anilines is 2. The predicted molar refractivity (Wildman–Crippen MR) is 82.4 cm³/mol. The van der Waals surface area contributed by atoms with Gasteiger partial charge in [0.25, 0.3) is 5.91 Å². The van der Waals surface area contributed by atoms with E-state index in [1.807, 2.05) is 26.0 Å². The number of benzene rings is 1. The molecule has 2 aromatic rings. The highest BCUT2D eigenvalue weighted by atomic mass is 35.5. The summed E-state index contributed by atoms with van der Waals surface area (Å²) in [6.45, 7) is 4.08. The van der Waals surface area contributed by atoms with Gasteiger partial charge in [-0.3, -0.25) is 4.79 Å². The molecule has 0 aliphatic rings. The van der Waals surface area contributed by atoms with Crippen molar-refractivity contribution < 1.29 is 4.79 Å². The van der Waals surface area contributed by atoms with Crippen molar-refractivity contribution in [3.05, 3.63) is 53.2 Å². The van der Waals surface area contributed by atoms with Gasteiger partial charge in [0.1, 0.15) is 5.82 Å². The molecule has 0 bridgehead atoms. The number of carbonyl (C=O) groups excluding carboxylic acids is 1. The summed E-state index contributed by atoms with van der Waals surface area (Å²) in [4.78, 5) is 16.2. The van der Waals surface area contributed by atoms with Gasteiger partial charge in [0.05, 0.1) is 11.9 Å². The van der Waals surface area contributed by atoms with Crippen molar-refractivity contribution in [3.8, 4) is 0 Å². The number of halogens is 1. The van der Waals surface area contributed by atoms with Crippen molar-refractivity contribution in [3.63, 3.8) is 0 Å². The maximum absolute atomic E-state index is 12.0. The molecular weight excluding hydrogens is 274 g/mol. The van der Waals surface area contributed by atoms with E-state index >= 15 is 0 Å². The highest BCUT2D eigenvalue weighted by Gasteiger charge is 2.06. The summed E-state index contributed by atoms with van der Waals surface area (Å²) < 4.78 is 0. The molecule has 1 amide bonds. The van der Waals surface area contributed by atoms with Crippen LogP contribution in [0.1, 0.15) is 24.2 Å². The Bertz CT molecular complexity index is 579. The summed E-state index contributed by atoms with van der Waals surface area (Å²) in [6.07, 6.45) is 1.62. The molecule has 0 atom stereocenters. The molecule has 0 aliphatic heterocycles. The molecule has 0 saturated heterocycles. The number of aromatic nitrogens is 1. The van der Waals surface area contributed by atoms with Gasteiger partial charge in [-0.25, -0.2) is 4.98 Å². The number of pyridine rings is 1. The van der Waals surface area contributed by atoms with Crippen LogP contribution in [0.5, 0.6) is 0 Å². The number of hydrogen-bond acceptors (Lipinski definition) is 3. The summed E-state index contributed by atoms with van der Waals surface area (Å²) in [5, 5.41) is 6.57. The highest BCUT2D eigenvalue weighted by molar-refractivity contribution is 6.30. The molecule has 4 nitrogen and oxygen atoms in total. The van der Waals surface area contributed by atoms with Gasteiger partial charge >= 0.3 is 0 Å². The quantitative estimate of drug-likeness (QED) is 0.900. The lowest BCUT2D eigenvalue weighted by Gasteiger charge is -2.10. The van der Waals surface area contributed by atoms with Gasteiger partial charge in [-0.2, -0.15) is 0 Å². The Morgan fingerprint density at radius 2 is 1.85 bits per heavy atom. The van der Waals surface area contributed by atoms with Crippen LogP contribution in [0.2, 0.25) is 5.02 Å². The fourth-order valence-corrected chi connectivity index (χ4v) is 1.78. The van der Waals surface area contributed by atoms with Crippen LogP contribution in [0.25, 0.3) is 0 Å². The maximum atomic E-state index is 12.0. The Morgan fingerprint density at radius 1 is 1.15 bits per heavy atom. The van der Waals surface area contributed by atoms with Crippen LogP contribution in [0.3, 0.4) is 0 Å². The van der Waals surface area contributed by atoms with E-state index < -0.39 is 0 Å². The smallest absolute Gasteiger partial charge is 0.255 e. The van der Waals surface area contributed by atoms with Crippen LogP contribution in [-0.2, 0) is 0 Å². The Labute approximate surface area is 123 Å². The normalized spacial score (nSPS) is 10.4. The van der Waals surface area contributed by atoms with Crippen molar-refractivity contribution in [2.24, 2.45) is 0 Å². The van der Waals surface area contributed by atoms with Gasteiger partial charge in [-0.15, -0.1) is 0 Å². The average Bonchev–Trinajstić information content (AvgIpc) is 2.41. The highest BCUT2D eigenvalue weighted by Crippen LogP contribution is 2.14. The minimum atomic E-state index is -0.187. The van der Waals surface area contributed by atoms with Crippen molar-refractivity contribution in [2.45, 2.75) is 19.9 Å². The monoisotopic (exact) mass is 289 g/mol. The number of nitrogens with zero attached hydrogens (tertiary/aromatic N) is 1. The van der Waals surface area contributed by atoms with Gasteiger partial charge in [-0.1, -0.05) is 11.6 Å². The van der Waals surface area contributed by atoms with E-state index in [2.05, 4.69) is 15.6 Å². The van der Waals surface area contributed by atoms with Crippen molar-refractivity contribution in [1.29, 1.82) is 0 Å². The molecule has 1 heterocycles. The number of rotatable bonds is 4. The maximum Gasteiger partial charge on any atom is 0.255 e. The zero-order valence-corrected chi connectivity index (χ0v) is 12.1. The minimum absolute atomic E-state index is 0.187. The number of nitrogens with one attached hydrogen (secondary N) is 2. The predicted octanol–water partition coefficient (Wildman–Crippen LogP) is 3.81. The molecule has 1 aromatic carbocycles. The third-order valence-electron chi connectivity index (χ3n) is 2.56. The van der Waals surface area contributed by atoms with E-state index in [1.165, 1.54) is 0 Å². The zero-order valence-electron chi connectivity index (χ0n) is 11.4. The van der Waals surface area contributed by atoms with Crippen LogP contribution in [-0.4, -0.2) is 16.9 Å². The molecule has 0 aliphatic carbocycles. The van der Waals surface area contributed by atoms with Crippen molar-refractivity contribution >= 4 is 29.0 Å². The van der Waals surface area contributed by atoms with Gasteiger partial charge in [-0.05, 0) is 50.2 Å². The molecule has 0 radical (unpaired) electrons. The molecule has 2 rings (SSSR count). The van der Waals surface area contributed by atoms with E-state index in [4.69, 9.17) is 11.6 Å². The Kier molecular flexibility index (Phi) is 4.58. The van der Waals surface area contributed by atoms with Crippen LogP contribution < -0.4 is 10.6 Å². The Balaban J connectivity index is 2.02. The van der Waals surface area contributed by atoms with Gasteiger partial charge in [0.15, 0.2) is 0 Å². The molecule has 0 fully saturated rings. The van der Waals surface area contributed by atoms with E-state index in [0.29, 0.717) is 22.3 Å². The number of carbonyl (C=O) groups is 1.